The normalized spacial score (nSPS) is 35.9. The second-order valence-electron chi connectivity index (χ2n) is 4.18. The molecule has 2 atom stereocenters. The van der Waals surface area contributed by atoms with Gasteiger partial charge >= 0.3 is 101 Å². The average molecular weight is 335 g/mol. The first kappa shape index (κ1) is 10.2. The number of nitrogens with zero attached hydrogens (tertiary/aromatic N) is 2. The molecule has 0 aromatic heterocycles. The number of rotatable bonds is 0. The molecule has 16 heavy (non-hydrogen) atoms. The van der Waals surface area contributed by atoms with Gasteiger partial charge in [-0.15, -0.1) is 0 Å². The van der Waals surface area contributed by atoms with E-state index in [0.717, 1.165) is 9.80 Å². The van der Waals surface area contributed by atoms with Gasteiger partial charge < -0.3 is 0 Å². The van der Waals surface area contributed by atoms with Gasteiger partial charge in [-0.2, -0.15) is 0 Å². The third-order valence-corrected chi connectivity index (χ3v) is 7.13. The van der Waals surface area contributed by atoms with Crippen molar-refractivity contribution in [1.29, 1.82) is 0 Å². The number of hydrogen-bond donors (Lipinski definition) is 0. The molecule has 2 heterocycles. The van der Waals surface area contributed by atoms with E-state index in [0.29, 0.717) is 0 Å². The van der Waals surface area contributed by atoms with E-state index in [1.54, 1.807) is 0 Å². The number of amides is 4. The monoisotopic (exact) mass is 335 g/mol. The Morgan fingerprint density at radius 2 is 1.62 bits per heavy atom. The Hall–Kier alpha value is -0.990. The fourth-order valence-electron chi connectivity index (χ4n) is 2.47. The topological polar surface area (TPSA) is 74.8 Å². The van der Waals surface area contributed by atoms with Crippen LogP contribution in [0.15, 0.2) is 0 Å². The molecule has 0 bridgehead atoms. The molecule has 1 aliphatic carbocycles. The number of β-lactam (4-membered cyclic amide) rings is 2. The Morgan fingerprint density at radius 1 is 1.06 bits per heavy atom. The SMILES string of the molecule is CN1C(=O)[I-]C2C(C1=O)C21C(=O)N(C)C1=O. The number of likely N-dealkylation sites (tertiary alicyclic amines) is 1. The molecular formula is C9H8IN2O4-. The molecule has 1 saturated carbocycles. The number of carbonyl (C=O) groups is 4. The number of alkyl halides is 1. The predicted molar refractivity (Wildman–Crippen MR) is 45.7 cm³/mol. The Balaban J connectivity index is 2.00. The zero-order valence-corrected chi connectivity index (χ0v) is 10.7. The van der Waals surface area contributed by atoms with Crippen LogP contribution in [0.3, 0.4) is 0 Å². The van der Waals surface area contributed by atoms with E-state index >= 15 is 0 Å². The van der Waals surface area contributed by atoms with Crippen LogP contribution in [0.25, 0.3) is 0 Å². The van der Waals surface area contributed by atoms with E-state index < -0.39 is 32.5 Å². The van der Waals surface area contributed by atoms with Gasteiger partial charge in [-0.1, -0.05) is 0 Å². The van der Waals surface area contributed by atoms with Crippen molar-refractivity contribution in [2.45, 2.75) is 3.92 Å². The van der Waals surface area contributed by atoms with Crippen molar-refractivity contribution in [3.8, 4) is 0 Å². The van der Waals surface area contributed by atoms with E-state index in [4.69, 9.17) is 0 Å². The number of carbonyl (C=O) groups excluding carboxylic acids is 4. The average Bonchev–Trinajstić information content (AvgIpc) is 2.95. The van der Waals surface area contributed by atoms with Crippen molar-refractivity contribution in [3.05, 3.63) is 0 Å². The Kier molecular flexibility index (Phi) is 1.68. The van der Waals surface area contributed by atoms with Crippen molar-refractivity contribution >= 4 is 21.6 Å². The number of imide groups is 2. The summed E-state index contributed by atoms with van der Waals surface area (Å²) in [5, 5.41) is 0. The summed E-state index contributed by atoms with van der Waals surface area (Å²) in [5.74, 6) is -1.48. The third kappa shape index (κ3) is 0.781. The van der Waals surface area contributed by atoms with Crippen LogP contribution in [0.1, 0.15) is 0 Å². The van der Waals surface area contributed by atoms with E-state index in [-0.39, 0.29) is 25.6 Å². The molecule has 3 fully saturated rings. The van der Waals surface area contributed by atoms with Crippen molar-refractivity contribution in [3.63, 3.8) is 0 Å². The number of hydrogen-bond acceptors (Lipinski definition) is 4. The van der Waals surface area contributed by atoms with Crippen LogP contribution in [0, 0.1) is 11.3 Å². The van der Waals surface area contributed by atoms with Gasteiger partial charge in [0.1, 0.15) is 0 Å². The van der Waals surface area contributed by atoms with Crippen LogP contribution in [0.2, 0.25) is 0 Å². The van der Waals surface area contributed by atoms with Crippen LogP contribution in [-0.2, 0) is 14.4 Å². The summed E-state index contributed by atoms with van der Waals surface area (Å²) in [6.45, 7) is 0. The molecule has 0 aromatic carbocycles. The second kappa shape index (κ2) is 2.63. The predicted octanol–water partition coefficient (Wildman–Crippen LogP) is -4.35. The minimum absolute atomic E-state index is 0.197. The Morgan fingerprint density at radius 3 is 2.19 bits per heavy atom. The van der Waals surface area contributed by atoms with Crippen LogP contribution in [-0.4, -0.2) is 49.5 Å². The molecular weight excluding hydrogens is 327 g/mol. The summed E-state index contributed by atoms with van der Waals surface area (Å²) < 4.78 is -0.476. The minimum atomic E-state index is -1.13. The van der Waals surface area contributed by atoms with E-state index in [1.807, 2.05) is 0 Å². The first-order chi connectivity index (χ1) is 7.44. The van der Waals surface area contributed by atoms with E-state index in [1.165, 1.54) is 14.1 Å². The Bertz CT molecular complexity index is 458. The molecule has 7 heteroatoms. The molecule has 0 radical (unpaired) electrons. The van der Waals surface area contributed by atoms with Crippen LogP contribution in [0.5, 0.6) is 0 Å². The zero-order valence-electron chi connectivity index (χ0n) is 8.56. The Labute approximate surface area is 101 Å². The third-order valence-electron chi connectivity index (χ3n) is 3.50. The summed E-state index contributed by atoms with van der Waals surface area (Å²) in [6, 6.07) is 0. The molecule has 3 aliphatic rings. The summed E-state index contributed by atoms with van der Waals surface area (Å²) in [7, 11) is 2.83. The first-order valence-electron chi connectivity index (χ1n) is 4.71. The fourth-order valence-corrected chi connectivity index (χ4v) is 6.14. The van der Waals surface area contributed by atoms with Gasteiger partial charge in [0.05, 0.1) is 0 Å². The van der Waals surface area contributed by atoms with E-state index in [2.05, 4.69) is 0 Å². The van der Waals surface area contributed by atoms with Gasteiger partial charge in [-0.05, 0) is 0 Å². The summed E-state index contributed by atoms with van der Waals surface area (Å²) in [4.78, 5) is 48.8. The van der Waals surface area contributed by atoms with Gasteiger partial charge in [-0.25, -0.2) is 0 Å². The fraction of sp³-hybridized carbons (Fsp3) is 0.556. The molecule has 3 rings (SSSR count). The zero-order chi connectivity index (χ0) is 11.8. The summed E-state index contributed by atoms with van der Waals surface area (Å²) in [6.07, 6.45) is 0. The molecule has 4 amide bonds. The van der Waals surface area contributed by atoms with Crippen LogP contribution in [0.4, 0.5) is 4.79 Å². The molecule has 0 aromatic rings. The standard InChI is InChI=1S/C9H8IN2O4/c1-11-5(13)3-4(10-8(11)16)9(3)6(14)12(2)7(9)15/h3-4H,1-2H3/q-1. The second-order valence-corrected chi connectivity index (χ2v) is 7.06. The first-order valence-corrected chi connectivity index (χ1v) is 7.04. The van der Waals surface area contributed by atoms with Crippen molar-refractivity contribution < 1.29 is 40.4 Å². The van der Waals surface area contributed by atoms with Gasteiger partial charge in [0.15, 0.2) is 0 Å². The molecule has 1 spiro atoms. The molecule has 2 aliphatic heterocycles. The molecule has 6 nitrogen and oxygen atoms in total. The van der Waals surface area contributed by atoms with Crippen LogP contribution < -0.4 is 21.2 Å². The van der Waals surface area contributed by atoms with Gasteiger partial charge in [0.2, 0.25) is 0 Å². The summed E-state index contributed by atoms with van der Waals surface area (Å²) in [5.41, 5.74) is -1.13. The number of fused-ring (bicyclic) bond motifs is 3. The maximum absolute atomic E-state index is 11.8. The maximum atomic E-state index is 11.8. The van der Waals surface area contributed by atoms with Crippen molar-refractivity contribution in [2.75, 3.05) is 14.1 Å². The van der Waals surface area contributed by atoms with Crippen LogP contribution >= 0.6 is 0 Å². The molecule has 2 unspecified atom stereocenters. The van der Waals surface area contributed by atoms with Crippen molar-refractivity contribution in [1.82, 2.24) is 9.80 Å². The van der Waals surface area contributed by atoms with Gasteiger partial charge in [-0.3, -0.25) is 0 Å². The van der Waals surface area contributed by atoms with Crippen molar-refractivity contribution in [2.24, 2.45) is 11.3 Å². The van der Waals surface area contributed by atoms with E-state index in [9.17, 15) is 19.2 Å². The molecule has 0 N–H and O–H groups in total. The molecule has 2 saturated heterocycles. The molecule has 86 valence electrons. The summed E-state index contributed by atoms with van der Waals surface area (Å²) >= 11 is -0.925. The number of halogens is 1. The van der Waals surface area contributed by atoms with Gasteiger partial charge in [0, 0.05) is 0 Å². The quantitative estimate of drug-likeness (QED) is 0.112. The van der Waals surface area contributed by atoms with Gasteiger partial charge in [0.25, 0.3) is 0 Å².